The third kappa shape index (κ3) is 3.42. The zero-order chi connectivity index (χ0) is 23.6. The molecule has 3 aromatic rings. The van der Waals surface area contributed by atoms with Gasteiger partial charge in [-0.1, -0.05) is 0 Å². The summed E-state index contributed by atoms with van der Waals surface area (Å²) in [4.78, 5) is 26.6. The van der Waals surface area contributed by atoms with Crippen LogP contribution in [0.3, 0.4) is 0 Å². The molecule has 0 bridgehead atoms. The molecule has 1 heterocycles. The van der Waals surface area contributed by atoms with Crippen molar-refractivity contribution in [2.45, 2.75) is 19.4 Å². The van der Waals surface area contributed by atoms with E-state index in [0.29, 0.717) is 5.57 Å². The van der Waals surface area contributed by atoms with Crippen molar-refractivity contribution < 1.29 is 18.8 Å². The van der Waals surface area contributed by atoms with Gasteiger partial charge in [0.15, 0.2) is 0 Å². The molecule has 0 aliphatic carbocycles. The number of ether oxygens (including phenoxy) is 1. The Morgan fingerprint density at radius 3 is 1.61 bits per heavy atom. The van der Waals surface area contributed by atoms with Crippen LogP contribution >= 0.6 is 22.8 Å². The van der Waals surface area contributed by atoms with E-state index in [1.165, 1.54) is 6.92 Å². The Balaban J connectivity index is 2.22. The summed E-state index contributed by atoms with van der Waals surface area (Å²) < 4.78 is 12.7. The van der Waals surface area contributed by atoms with Crippen molar-refractivity contribution in [3.05, 3.63) is 102 Å². The Morgan fingerprint density at radius 2 is 1.27 bits per heavy atom. The Morgan fingerprint density at radius 1 is 0.848 bits per heavy atom. The number of hydrogen-bond donors (Lipinski definition) is 0. The van der Waals surface area contributed by atoms with Crippen LogP contribution in [0.25, 0.3) is 0 Å². The van der Waals surface area contributed by atoms with E-state index in [4.69, 9.17) is 9.26 Å². The van der Waals surface area contributed by atoms with Crippen molar-refractivity contribution in [3.8, 4) is 0 Å². The van der Waals surface area contributed by atoms with Crippen molar-refractivity contribution in [1.82, 2.24) is 0 Å². The monoisotopic (exact) mass is 524 g/mol. The number of Topliss-reactive ketones (excluding diaryl/α,β-unsaturated/α-hetero) is 1. The molecule has 6 heteroatoms. The molecular formula is C27H26BrO4P. The van der Waals surface area contributed by atoms with Gasteiger partial charge in [-0.2, -0.15) is 0 Å². The predicted octanol–water partition coefficient (Wildman–Crippen LogP) is 4.63. The number of carbonyl (C=O) groups excluding carboxylic acids is 2. The first kappa shape index (κ1) is 23.6. The number of alkyl halides is 1. The van der Waals surface area contributed by atoms with Gasteiger partial charge in [-0.25, -0.2) is 0 Å². The zero-order valence-electron chi connectivity index (χ0n) is 18.6. The zero-order valence-corrected chi connectivity index (χ0v) is 21.1. The van der Waals surface area contributed by atoms with Crippen LogP contribution in [0.2, 0.25) is 0 Å². The van der Waals surface area contributed by atoms with Crippen molar-refractivity contribution in [2.75, 3.05) is 11.9 Å². The maximum atomic E-state index is 13.5. The van der Waals surface area contributed by atoms with Gasteiger partial charge in [0.2, 0.25) is 0 Å². The molecule has 1 aliphatic rings. The number of carbonyl (C=O) groups is 2. The molecule has 33 heavy (non-hydrogen) atoms. The summed E-state index contributed by atoms with van der Waals surface area (Å²) in [5, 5.41) is 2.82. The van der Waals surface area contributed by atoms with E-state index in [-0.39, 0.29) is 17.7 Å². The fourth-order valence-corrected chi connectivity index (χ4v) is 11.3. The van der Waals surface area contributed by atoms with E-state index in [0.717, 1.165) is 15.9 Å². The van der Waals surface area contributed by atoms with E-state index < -0.39 is 18.4 Å². The molecule has 0 spiro atoms. The van der Waals surface area contributed by atoms with Gasteiger partial charge in [-0.15, -0.1) is 0 Å². The summed E-state index contributed by atoms with van der Waals surface area (Å²) in [7, 11) is 0. The summed E-state index contributed by atoms with van der Waals surface area (Å²) in [5.74, 6) is 1.15. The number of halogens is 1. The van der Waals surface area contributed by atoms with Crippen LogP contribution in [0.1, 0.15) is 13.8 Å². The van der Waals surface area contributed by atoms with Gasteiger partial charge < -0.3 is 0 Å². The van der Waals surface area contributed by atoms with E-state index in [1.54, 1.807) is 6.92 Å². The van der Waals surface area contributed by atoms with Gasteiger partial charge in [0.1, 0.15) is 0 Å². The SMILES string of the molecule is CCOC(=O)C1(CBr)OP(c2ccccc2)(c2ccccc2)(c2ccccc2)C=C1C(C)=O. The van der Waals surface area contributed by atoms with Gasteiger partial charge in [-0.3, -0.25) is 0 Å². The molecule has 4 rings (SSSR count). The van der Waals surface area contributed by atoms with E-state index in [1.807, 2.05) is 96.8 Å². The van der Waals surface area contributed by atoms with Crippen molar-refractivity contribution in [1.29, 1.82) is 0 Å². The summed E-state index contributed by atoms with van der Waals surface area (Å²) >= 11 is 3.51. The molecule has 0 N–H and O–H groups in total. The molecule has 0 aromatic heterocycles. The van der Waals surface area contributed by atoms with Crippen LogP contribution in [0.4, 0.5) is 0 Å². The second-order valence-electron chi connectivity index (χ2n) is 7.98. The van der Waals surface area contributed by atoms with Gasteiger partial charge in [0.25, 0.3) is 0 Å². The number of esters is 1. The molecule has 0 fully saturated rings. The van der Waals surface area contributed by atoms with Crippen molar-refractivity contribution in [3.63, 3.8) is 0 Å². The molecule has 1 aliphatic heterocycles. The Kier molecular flexibility index (Phi) is 6.41. The fraction of sp³-hybridized carbons (Fsp3) is 0.185. The molecule has 0 radical (unpaired) electrons. The van der Waals surface area contributed by atoms with Crippen LogP contribution in [-0.2, 0) is 18.8 Å². The Hall–Kier alpha value is -2.59. The number of hydrogen-bond acceptors (Lipinski definition) is 4. The maximum absolute atomic E-state index is 13.5. The number of ketones is 1. The minimum absolute atomic E-state index is 0.0919. The average molecular weight is 525 g/mol. The fourth-order valence-electron chi connectivity index (χ4n) is 4.67. The Labute approximate surface area is 202 Å². The van der Waals surface area contributed by atoms with Crippen molar-refractivity contribution >= 4 is 50.4 Å². The van der Waals surface area contributed by atoms with E-state index >= 15 is 0 Å². The van der Waals surface area contributed by atoms with E-state index in [9.17, 15) is 9.59 Å². The van der Waals surface area contributed by atoms with Gasteiger partial charge >= 0.3 is 203 Å². The predicted molar refractivity (Wildman–Crippen MR) is 138 cm³/mol. The molecule has 0 saturated carbocycles. The summed E-state index contributed by atoms with van der Waals surface area (Å²) in [5.41, 5.74) is -1.27. The topological polar surface area (TPSA) is 52.6 Å². The molecule has 0 saturated heterocycles. The van der Waals surface area contributed by atoms with Crippen LogP contribution in [0, 0.1) is 0 Å². The first-order chi connectivity index (χ1) is 15.9. The average Bonchev–Trinajstić information content (AvgIpc) is 3.22. The molecular weight excluding hydrogens is 499 g/mol. The first-order valence-corrected chi connectivity index (χ1v) is 14.2. The molecule has 1 unspecified atom stereocenters. The van der Waals surface area contributed by atoms with Crippen molar-refractivity contribution in [2.24, 2.45) is 0 Å². The number of rotatable bonds is 7. The third-order valence-corrected chi connectivity index (χ3v) is 12.3. The molecule has 4 nitrogen and oxygen atoms in total. The van der Waals surface area contributed by atoms with Crippen LogP contribution in [-0.4, -0.2) is 29.3 Å². The molecule has 3 aromatic carbocycles. The summed E-state index contributed by atoms with van der Waals surface area (Å²) in [6.07, 6.45) is 0. The van der Waals surface area contributed by atoms with Gasteiger partial charge in [0, 0.05) is 0 Å². The minimum atomic E-state index is -3.92. The molecule has 1 atom stereocenters. The second kappa shape index (κ2) is 8.98. The van der Waals surface area contributed by atoms with Crippen LogP contribution in [0.15, 0.2) is 102 Å². The second-order valence-corrected chi connectivity index (χ2v) is 12.7. The standard InChI is InChI=1S/C27H26BrO4P/c1-3-31-26(30)27(20-28)25(21(2)29)19-33(32-27,22-13-7-4-8-14-22,23-15-9-5-10-16-23)24-17-11-6-12-18-24/h4-19H,3,20H2,1-2H3. The van der Waals surface area contributed by atoms with Gasteiger partial charge in [-0.05, 0) is 0 Å². The summed E-state index contributed by atoms with van der Waals surface area (Å²) in [6, 6.07) is 29.7. The van der Waals surface area contributed by atoms with Crippen LogP contribution < -0.4 is 15.9 Å². The van der Waals surface area contributed by atoms with E-state index in [2.05, 4.69) is 15.9 Å². The molecule has 0 amide bonds. The first-order valence-electron chi connectivity index (χ1n) is 10.8. The normalized spacial score (nSPS) is 21.9. The Bertz CT molecular complexity index is 1100. The quantitative estimate of drug-likeness (QED) is 0.257. The summed E-state index contributed by atoms with van der Waals surface area (Å²) in [6.45, 7) is -0.521. The molecule has 170 valence electrons. The third-order valence-electron chi connectivity index (χ3n) is 6.14. The van der Waals surface area contributed by atoms with Crippen LogP contribution in [0.5, 0.6) is 0 Å². The van der Waals surface area contributed by atoms with Gasteiger partial charge in [0.05, 0.1) is 0 Å². The number of benzene rings is 3.